The minimum Gasteiger partial charge on any atom is -0.457 e. The van der Waals surface area contributed by atoms with Crippen LogP contribution in [0.15, 0.2) is 22.8 Å². The quantitative estimate of drug-likeness (QED) is 0.415. The van der Waals surface area contributed by atoms with E-state index in [2.05, 4.69) is 27.7 Å². The van der Waals surface area contributed by atoms with Crippen molar-refractivity contribution in [2.75, 3.05) is 6.61 Å². The first-order chi connectivity index (χ1) is 18.2. The molecule has 4 saturated carbocycles. The van der Waals surface area contributed by atoms with Crippen molar-refractivity contribution in [2.45, 2.75) is 103 Å². The Labute approximate surface area is 226 Å². The summed E-state index contributed by atoms with van der Waals surface area (Å²) in [5.41, 5.74) is -0.179. The van der Waals surface area contributed by atoms with Crippen LogP contribution in [0.3, 0.4) is 0 Å². The molecule has 6 heteroatoms. The second-order valence-corrected chi connectivity index (χ2v) is 14.3. The van der Waals surface area contributed by atoms with Gasteiger partial charge in [-0.1, -0.05) is 27.7 Å². The van der Waals surface area contributed by atoms with Crippen molar-refractivity contribution in [3.63, 3.8) is 0 Å². The van der Waals surface area contributed by atoms with Gasteiger partial charge >= 0.3 is 5.97 Å². The molecule has 7 rings (SSSR count). The highest BCUT2D eigenvalue weighted by Gasteiger charge is 2.71. The third-order valence-electron chi connectivity index (χ3n) is 12.7. The molecule has 2 saturated heterocycles. The molecule has 0 N–H and O–H groups in total. The highest BCUT2D eigenvalue weighted by Crippen LogP contribution is 2.70. The van der Waals surface area contributed by atoms with Crippen LogP contribution < -0.4 is 0 Å². The molecule has 1 aromatic heterocycles. The summed E-state index contributed by atoms with van der Waals surface area (Å²) in [7, 11) is 0. The number of hydrogen-bond donors (Lipinski definition) is 0. The molecule has 2 aliphatic heterocycles. The second kappa shape index (κ2) is 8.67. The molecule has 0 unspecified atom stereocenters. The average Bonchev–Trinajstić information content (AvgIpc) is 3.59. The Bertz CT molecular complexity index is 1090. The van der Waals surface area contributed by atoms with Crippen LogP contribution in [0.2, 0.25) is 0 Å². The molecule has 0 aromatic carbocycles. The lowest BCUT2D eigenvalue weighted by Crippen LogP contribution is -2.58. The van der Waals surface area contributed by atoms with E-state index in [0.29, 0.717) is 41.8 Å². The molecule has 6 nitrogen and oxygen atoms in total. The standard InChI is InChI=1S/C32H44O6/c1-18-9-12-32(36-17-18)19(2)28-26(38-32)15-24-22-8-7-20-14-21(37-29(34)25-6-5-13-35-25)10-11-30(20,3)23(22)16-27(33)31(24,28)4/h5-6,13,18-24,26,28H,7-12,14-17H2,1-4H3/t18-,19+,20+,21+,22-,23+,24+,26+,28+,30+,31-,32-/m1/s1. The van der Waals surface area contributed by atoms with E-state index in [9.17, 15) is 9.59 Å². The minimum atomic E-state index is -0.484. The minimum absolute atomic E-state index is 0.0683. The number of fused-ring (bicyclic) bond motifs is 7. The van der Waals surface area contributed by atoms with Gasteiger partial charge in [-0.2, -0.15) is 0 Å². The van der Waals surface area contributed by atoms with E-state index in [-0.39, 0.29) is 46.6 Å². The van der Waals surface area contributed by atoms with E-state index in [1.54, 1.807) is 12.1 Å². The molecule has 12 atom stereocenters. The van der Waals surface area contributed by atoms with Gasteiger partial charge in [0.15, 0.2) is 5.79 Å². The van der Waals surface area contributed by atoms with E-state index in [1.165, 1.54) is 12.7 Å². The average molecular weight is 525 g/mol. The molecule has 3 heterocycles. The van der Waals surface area contributed by atoms with E-state index >= 15 is 0 Å². The summed E-state index contributed by atoms with van der Waals surface area (Å²) in [5, 5.41) is 0. The van der Waals surface area contributed by atoms with Crippen molar-refractivity contribution < 1.29 is 28.2 Å². The molecule has 1 aromatic rings. The predicted molar refractivity (Wildman–Crippen MR) is 140 cm³/mol. The molecule has 4 aliphatic carbocycles. The van der Waals surface area contributed by atoms with Crippen LogP contribution in [0, 0.1) is 52.3 Å². The van der Waals surface area contributed by atoms with Crippen LogP contribution in [0.4, 0.5) is 0 Å². The summed E-state index contributed by atoms with van der Waals surface area (Å²) in [6.45, 7) is 10.1. The number of furan rings is 1. The molecule has 1 spiro atoms. The Kier molecular flexibility index (Phi) is 5.77. The fourth-order valence-corrected chi connectivity index (χ4v) is 10.6. The maximum atomic E-state index is 14.2. The van der Waals surface area contributed by atoms with Crippen molar-refractivity contribution in [3.05, 3.63) is 24.2 Å². The summed E-state index contributed by atoms with van der Waals surface area (Å²) in [6, 6.07) is 3.38. The Morgan fingerprint density at radius 2 is 1.89 bits per heavy atom. The topological polar surface area (TPSA) is 75.0 Å². The van der Waals surface area contributed by atoms with Crippen LogP contribution in [0.25, 0.3) is 0 Å². The molecule has 0 bridgehead atoms. The van der Waals surface area contributed by atoms with E-state index in [1.807, 2.05) is 0 Å². The summed E-state index contributed by atoms with van der Waals surface area (Å²) in [5.74, 6) is 2.88. The number of carbonyl (C=O) groups is 2. The Balaban J connectivity index is 1.09. The van der Waals surface area contributed by atoms with Crippen LogP contribution in [0.1, 0.15) is 96.0 Å². The Morgan fingerprint density at radius 3 is 2.63 bits per heavy atom. The molecule has 6 fully saturated rings. The zero-order valence-electron chi connectivity index (χ0n) is 23.4. The van der Waals surface area contributed by atoms with Crippen molar-refractivity contribution in [3.8, 4) is 0 Å². The number of Topliss-reactive ketones (excluding diaryl/α,β-unsaturated/α-hetero) is 1. The fraction of sp³-hybridized carbons (Fsp3) is 0.812. The SMILES string of the molecule is C[C@@H]1CC[C@@]2(OC1)O[C@H]1C[C@H]3[C@@H]4CC[C@H]5C[C@@H](OC(=O)c6ccco6)CC[C@]5(C)[C@H]4CC(=O)[C@]3(C)[C@H]1[C@@H]2C. The number of rotatable bonds is 2. The van der Waals surface area contributed by atoms with Crippen molar-refractivity contribution in [2.24, 2.45) is 52.3 Å². The lowest BCUT2D eigenvalue weighted by molar-refractivity contribution is -0.272. The summed E-state index contributed by atoms with van der Waals surface area (Å²) in [6.07, 6.45) is 10.5. The van der Waals surface area contributed by atoms with Gasteiger partial charge in [-0.15, -0.1) is 0 Å². The summed E-state index contributed by atoms with van der Waals surface area (Å²) >= 11 is 0. The highest BCUT2D eigenvalue weighted by molar-refractivity contribution is 5.87. The first-order valence-corrected chi connectivity index (χ1v) is 15.3. The number of esters is 1. The fourth-order valence-electron chi connectivity index (χ4n) is 10.6. The first-order valence-electron chi connectivity index (χ1n) is 15.3. The van der Waals surface area contributed by atoms with Gasteiger partial charge in [0.1, 0.15) is 11.9 Å². The number of hydrogen-bond acceptors (Lipinski definition) is 6. The Morgan fingerprint density at radius 1 is 1.05 bits per heavy atom. The number of ketones is 1. The smallest absolute Gasteiger partial charge is 0.374 e. The maximum absolute atomic E-state index is 14.2. The summed E-state index contributed by atoms with van der Waals surface area (Å²) < 4.78 is 24.4. The predicted octanol–water partition coefficient (Wildman–Crippen LogP) is 6.43. The molecule has 38 heavy (non-hydrogen) atoms. The molecule has 6 aliphatic rings. The molecular formula is C32H44O6. The molecule has 208 valence electrons. The zero-order chi connectivity index (χ0) is 26.4. The molecule has 0 amide bonds. The van der Waals surface area contributed by atoms with E-state index < -0.39 is 5.79 Å². The van der Waals surface area contributed by atoms with Crippen molar-refractivity contribution >= 4 is 11.8 Å². The van der Waals surface area contributed by atoms with Gasteiger partial charge in [-0.3, -0.25) is 4.79 Å². The number of ether oxygens (including phenoxy) is 3. The van der Waals surface area contributed by atoms with Gasteiger partial charge in [-0.05, 0) is 92.1 Å². The summed E-state index contributed by atoms with van der Waals surface area (Å²) in [4.78, 5) is 26.8. The van der Waals surface area contributed by atoms with Crippen LogP contribution >= 0.6 is 0 Å². The lowest BCUT2D eigenvalue weighted by atomic mass is 9.44. The lowest BCUT2D eigenvalue weighted by Gasteiger charge is -2.60. The first kappa shape index (κ1) is 25.3. The van der Waals surface area contributed by atoms with Gasteiger partial charge in [0, 0.05) is 30.1 Å². The second-order valence-electron chi connectivity index (χ2n) is 14.3. The van der Waals surface area contributed by atoms with Gasteiger partial charge in [-0.25, -0.2) is 4.79 Å². The highest BCUT2D eigenvalue weighted by atomic mass is 16.7. The monoisotopic (exact) mass is 524 g/mol. The zero-order valence-corrected chi connectivity index (χ0v) is 23.4. The van der Waals surface area contributed by atoms with E-state index in [0.717, 1.165) is 51.6 Å². The molecular weight excluding hydrogens is 480 g/mol. The van der Waals surface area contributed by atoms with Gasteiger partial charge in [0.25, 0.3) is 0 Å². The van der Waals surface area contributed by atoms with E-state index in [4.69, 9.17) is 18.6 Å². The van der Waals surface area contributed by atoms with Crippen molar-refractivity contribution in [1.82, 2.24) is 0 Å². The molecule has 0 radical (unpaired) electrons. The van der Waals surface area contributed by atoms with Crippen LogP contribution in [-0.2, 0) is 19.0 Å². The third kappa shape index (κ3) is 3.44. The normalized spacial score (nSPS) is 51.7. The van der Waals surface area contributed by atoms with Gasteiger partial charge in [0.05, 0.1) is 19.0 Å². The van der Waals surface area contributed by atoms with Crippen molar-refractivity contribution in [1.29, 1.82) is 0 Å². The maximum Gasteiger partial charge on any atom is 0.374 e. The van der Waals surface area contributed by atoms with Gasteiger partial charge < -0.3 is 18.6 Å². The van der Waals surface area contributed by atoms with Crippen LogP contribution in [0.5, 0.6) is 0 Å². The largest absolute Gasteiger partial charge is 0.457 e. The Hall–Kier alpha value is -1.66. The number of carbonyl (C=O) groups excluding carboxylic acids is 2. The third-order valence-corrected chi connectivity index (χ3v) is 12.7. The van der Waals surface area contributed by atoms with Gasteiger partial charge in [0.2, 0.25) is 5.76 Å². The van der Waals surface area contributed by atoms with Crippen LogP contribution in [-0.4, -0.2) is 36.4 Å².